The van der Waals surface area contributed by atoms with E-state index >= 15 is 0 Å². The van der Waals surface area contributed by atoms with Crippen molar-refractivity contribution in [2.75, 3.05) is 34.9 Å². The molecule has 0 radical (unpaired) electrons. The van der Waals surface area contributed by atoms with Gasteiger partial charge in [0.15, 0.2) is 0 Å². The largest absolute Gasteiger partial charge is 0.478 e. The van der Waals surface area contributed by atoms with Gasteiger partial charge in [-0.3, -0.25) is 0 Å². The first-order valence-corrected chi connectivity index (χ1v) is 15.7. The molecule has 0 bridgehead atoms. The van der Waals surface area contributed by atoms with Crippen molar-refractivity contribution in [2.24, 2.45) is 0 Å². The second-order valence-electron chi connectivity index (χ2n) is 9.10. The number of nitrogens with zero attached hydrogens (tertiary/aromatic N) is 2. The van der Waals surface area contributed by atoms with Gasteiger partial charge in [-0.2, -0.15) is 0 Å². The average molecular weight is 543 g/mol. The molecule has 0 atom stereocenters. The van der Waals surface area contributed by atoms with Crippen molar-refractivity contribution >= 4 is 49.8 Å². The molecular weight excluding hydrogens is 514 g/mol. The Morgan fingerprint density at radius 2 is 0.816 bits per heavy atom. The van der Waals surface area contributed by atoms with Gasteiger partial charge in [-0.25, -0.2) is 9.59 Å². The first-order chi connectivity index (χ1) is 18.5. The summed E-state index contributed by atoms with van der Waals surface area (Å²) in [6.45, 7) is 0. The van der Waals surface area contributed by atoms with Gasteiger partial charge in [-0.15, -0.1) is 0 Å². The van der Waals surface area contributed by atoms with Gasteiger partial charge < -0.3 is 20.0 Å². The van der Waals surface area contributed by atoms with Gasteiger partial charge in [-0.05, 0) is 75.0 Å². The summed E-state index contributed by atoms with van der Waals surface area (Å²) in [4.78, 5) is 27.7. The fourth-order valence-electron chi connectivity index (χ4n) is 4.56. The minimum absolute atomic E-state index is 0.285. The Bertz CT molecular complexity index is 1260. The highest BCUT2D eigenvalue weighted by molar-refractivity contribution is 7.67. The molecule has 38 heavy (non-hydrogen) atoms. The monoisotopic (exact) mass is 542 g/mol. The number of carboxylic acid groups (broad SMARTS) is 2. The van der Waals surface area contributed by atoms with Crippen molar-refractivity contribution in [1.82, 2.24) is 0 Å². The van der Waals surface area contributed by atoms with Crippen LogP contribution >= 0.6 is 15.8 Å². The lowest BCUT2D eigenvalue weighted by atomic mass is 10.2. The molecule has 0 unspecified atom stereocenters. The molecule has 1 aliphatic heterocycles. The van der Waals surface area contributed by atoms with Crippen molar-refractivity contribution in [3.05, 3.63) is 120 Å². The fraction of sp³-hybridized carbons (Fsp3) is 0.133. The van der Waals surface area contributed by atoms with E-state index in [2.05, 4.69) is 58.3 Å². The predicted octanol–water partition coefficient (Wildman–Crippen LogP) is 5.85. The Balaban J connectivity index is 1.54. The van der Waals surface area contributed by atoms with Gasteiger partial charge in [-0.1, -0.05) is 60.7 Å². The lowest BCUT2D eigenvalue weighted by molar-refractivity contribution is 0.0686. The van der Waals surface area contributed by atoms with Crippen LogP contribution in [0.15, 0.2) is 109 Å². The Morgan fingerprint density at radius 1 is 0.500 bits per heavy atom. The molecule has 8 heteroatoms. The Kier molecular flexibility index (Phi) is 8.03. The molecule has 5 rings (SSSR count). The smallest absolute Gasteiger partial charge is 0.335 e. The quantitative estimate of drug-likeness (QED) is 0.298. The summed E-state index contributed by atoms with van der Waals surface area (Å²) in [6.07, 6.45) is 3.34. The van der Waals surface area contributed by atoms with Gasteiger partial charge in [0.2, 0.25) is 0 Å². The molecule has 6 nitrogen and oxygen atoms in total. The summed E-state index contributed by atoms with van der Waals surface area (Å²) >= 11 is 0. The molecule has 192 valence electrons. The zero-order valence-corrected chi connectivity index (χ0v) is 22.5. The zero-order valence-electron chi connectivity index (χ0n) is 20.7. The molecule has 1 fully saturated rings. The van der Waals surface area contributed by atoms with Crippen LogP contribution in [0.4, 0.5) is 11.4 Å². The summed E-state index contributed by atoms with van der Waals surface area (Å²) in [6, 6.07) is 35.5. The highest BCUT2D eigenvalue weighted by atomic mass is 31.1. The molecule has 2 N–H and O–H groups in total. The maximum atomic E-state index is 11.4. The SMILES string of the molecule is O=C(O)c1ccc(N2CP(c3ccccc3)CN(c3ccc(C(=O)O)cc3)CP(c3ccccc3)C2)cc1. The van der Waals surface area contributed by atoms with Crippen LogP contribution in [-0.4, -0.2) is 47.3 Å². The normalized spacial score (nSPS) is 17.9. The van der Waals surface area contributed by atoms with E-state index in [1.54, 1.807) is 24.3 Å². The summed E-state index contributed by atoms with van der Waals surface area (Å²) in [5.74, 6) is -1.85. The first kappa shape index (κ1) is 25.9. The Morgan fingerprint density at radius 3 is 1.11 bits per heavy atom. The summed E-state index contributed by atoms with van der Waals surface area (Å²) < 4.78 is 0. The van der Waals surface area contributed by atoms with Crippen molar-refractivity contribution in [3.63, 3.8) is 0 Å². The van der Waals surface area contributed by atoms with Crippen LogP contribution in [0.5, 0.6) is 0 Å². The second-order valence-corrected chi connectivity index (χ2v) is 13.4. The molecule has 0 amide bonds. The van der Waals surface area contributed by atoms with E-state index in [-0.39, 0.29) is 11.1 Å². The van der Waals surface area contributed by atoms with Gasteiger partial charge in [0.25, 0.3) is 0 Å². The van der Waals surface area contributed by atoms with Gasteiger partial charge in [0.1, 0.15) is 0 Å². The maximum absolute atomic E-state index is 11.4. The third-order valence-corrected chi connectivity index (χ3v) is 11.4. The maximum Gasteiger partial charge on any atom is 0.335 e. The molecule has 1 saturated heterocycles. The second kappa shape index (κ2) is 11.8. The van der Waals surface area contributed by atoms with Crippen LogP contribution in [0.2, 0.25) is 0 Å². The molecule has 1 heterocycles. The first-order valence-electron chi connectivity index (χ1n) is 12.2. The van der Waals surface area contributed by atoms with E-state index in [0.29, 0.717) is 0 Å². The summed E-state index contributed by atoms with van der Waals surface area (Å²) in [7, 11) is -1.27. The number of hydrogen-bond acceptors (Lipinski definition) is 4. The zero-order chi connectivity index (χ0) is 26.5. The fourth-order valence-corrected chi connectivity index (χ4v) is 9.60. The lowest BCUT2D eigenvalue weighted by Crippen LogP contribution is -2.38. The number of benzene rings is 4. The van der Waals surface area contributed by atoms with Gasteiger partial charge in [0.05, 0.1) is 11.1 Å². The van der Waals surface area contributed by atoms with Gasteiger partial charge >= 0.3 is 11.9 Å². The van der Waals surface area contributed by atoms with Crippen molar-refractivity contribution in [1.29, 1.82) is 0 Å². The third kappa shape index (κ3) is 6.05. The predicted molar refractivity (Wildman–Crippen MR) is 157 cm³/mol. The molecule has 0 aliphatic carbocycles. The number of carbonyl (C=O) groups is 2. The van der Waals surface area contributed by atoms with Crippen LogP contribution in [0, 0.1) is 0 Å². The minimum atomic E-state index is -0.924. The molecule has 4 aromatic carbocycles. The highest BCUT2D eigenvalue weighted by Crippen LogP contribution is 2.47. The van der Waals surface area contributed by atoms with Crippen LogP contribution in [0.1, 0.15) is 20.7 Å². The van der Waals surface area contributed by atoms with E-state index in [9.17, 15) is 19.8 Å². The minimum Gasteiger partial charge on any atom is -0.478 e. The standard InChI is InChI=1S/C30H28N2O4P2/c33-29(34)23-11-15-25(16-12-23)31-19-37(27-7-3-1-4-8-27)20-32(26-17-13-24(14-18-26)30(35)36)22-38(21-31)28-9-5-2-6-10-28/h1-18H,19-22H2,(H,33,34)(H,35,36). The number of carboxylic acids is 2. The number of hydrogen-bond donors (Lipinski definition) is 2. The van der Waals surface area contributed by atoms with Crippen LogP contribution in [-0.2, 0) is 0 Å². The average Bonchev–Trinajstić information content (AvgIpc) is 2.94. The van der Waals surface area contributed by atoms with E-state index in [1.165, 1.54) is 10.6 Å². The molecule has 0 saturated carbocycles. The van der Waals surface area contributed by atoms with Crippen molar-refractivity contribution in [3.8, 4) is 0 Å². The molecule has 1 aliphatic rings. The summed E-state index contributed by atoms with van der Waals surface area (Å²) in [5.41, 5.74) is 2.63. The lowest BCUT2D eigenvalue weighted by Gasteiger charge is -2.41. The van der Waals surface area contributed by atoms with E-state index in [1.807, 2.05) is 36.4 Å². The Hall–Kier alpha value is -3.72. The van der Waals surface area contributed by atoms with E-state index < -0.39 is 27.8 Å². The molecular formula is C30H28N2O4P2. The van der Waals surface area contributed by atoms with Crippen molar-refractivity contribution in [2.45, 2.75) is 0 Å². The van der Waals surface area contributed by atoms with Crippen LogP contribution in [0.25, 0.3) is 0 Å². The van der Waals surface area contributed by atoms with Crippen LogP contribution in [0.3, 0.4) is 0 Å². The highest BCUT2D eigenvalue weighted by Gasteiger charge is 2.28. The number of rotatable bonds is 6. The van der Waals surface area contributed by atoms with Crippen molar-refractivity contribution < 1.29 is 19.8 Å². The summed E-state index contributed by atoms with van der Waals surface area (Å²) in [5, 5.41) is 21.4. The number of anilines is 2. The third-order valence-electron chi connectivity index (χ3n) is 6.57. The molecule has 0 aromatic heterocycles. The van der Waals surface area contributed by atoms with Gasteiger partial charge in [0, 0.05) is 36.5 Å². The topological polar surface area (TPSA) is 81.1 Å². The molecule has 4 aromatic rings. The molecule has 0 spiro atoms. The van der Waals surface area contributed by atoms with E-state index in [4.69, 9.17) is 0 Å². The van der Waals surface area contributed by atoms with Crippen LogP contribution < -0.4 is 20.4 Å². The Labute approximate surface area is 224 Å². The number of aromatic carboxylic acids is 2. The van der Waals surface area contributed by atoms with E-state index in [0.717, 1.165) is 36.5 Å².